The van der Waals surface area contributed by atoms with Crippen LogP contribution < -0.4 is 9.62 Å². The van der Waals surface area contributed by atoms with Gasteiger partial charge in [0.15, 0.2) is 0 Å². The van der Waals surface area contributed by atoms with E-state index in [4.69, 9.17) is 16.3 Å². The number of sulfonamides is 1. The summed E-state index contributed by atoms with van der Waals surface area (Å²) < 4.78 is 30.5. The standard InChI is InChI=1S/C19H21ClN2O5S/c1-4-27-19(24)14-8-10-16(11-9-14)21-18(23)13(2)22(28(3,25)26)17-7-5-6-15(20)12-17/h5-13H,4H2,1-3H3,(H,21,23)/t13-/m1/s1. The molecule has 7 nitrogen and oxygen atoms in total. The van der Waals surface area contributed by atoms with Gasteiger partial charge in [-0.2, -0.15) is 0 Å². The average Bonchev–Trinajstić information content (AvgIpc) is 2.61. The van der Waals surface area contributed by atoms with Crippen molar-refractivity contribution in [1.82, 2.24) is 0 Å². The lowest BCUT2D eigenvalue weighted by molar-refractivity contribution is -0.116. The number of carbonyl (C=O) groups is 2. The molecule has 0 bridgehead atoms. The van der Waals surface area contributed by atoms with Crippen LogP contribution in [0.25, 0.3) is 0 Å². The molecule has 0 unspecified atom stereocenters. The van der Waals surface area contributed by atoms with E-state index in [1.807, 2.05) is 0 Å². The maximum Gasteiger partial charge on any atom is 0.338 e. The minimum Gasteiger partial charge on any atom is -0.462 e. The zero-order valence-electron chi connectivity index (χ0n) is 15.7. The highest BCUT2D eigenvalue weighted by Gasteiger charge is 2.29. The van der Waals surface area contributed by atoms with E-state index in [1.165, 1.54) is 25.1 Å². The van der Waals surface area contributed by atoms with Crippen LogP contribution in [0.15, 0.2) is 48.5 Å². The molecule has 0 saturated carbocycles. The van der Waals surface area contributed by atoms with Crippen molar-refractivity contribution in [2.45, 2.75) is 19.9 Å². The number of ether oxygens (including phenoxy) is 1. The molecule has 1 atom stereocenters. The van der Waals surface area contributed by atoms with Crippen LogP contribution in [0.1, 0.15) is 24.2 Å². The second kappa shape index (κ2) is 9.07. The van der Waals surface area contributed by atoms with Gasteiger partial charge in [0.1, 0.15) is 6.04 Å². The van der Waals surface area contributed by atoms with E-state index in [2.05, 4.69) is 5.32 Å². The first-order valence-corrected chi connectivity index (χ1v) is 10.7. The first-order chi connectivity index (χ1) is 13.1. The van der Waals surface area contributed by atoms with Gasteiger partial charge in [-0.3, -0.25) is 9.10 Å². The van der Waals surface area contributed by atoms with Crippen LogP contribution in [0.5, 0.6) is 0 Å². The number of carbonyl (C=O) groups excluding carboxylic acids is 2. The average molecular weight is 425 g/mol. The first kappa shape index (κ1) is 21.7. The van der Waals surface area contributed by atoms with E-state index in [0.717, 1.165) is 10.6 Å². The van der Waals surface area contributed by atoms with Gasteiger partial charge in [-0.1, -0.05) is 17.7 Å². The molecule has 0 fully saturated rings. The van der Waals surface area contributed by atoms with E-state index >= 15 is 0 Å². The number of hydrogen-bond acceptors (Lipinski definition) is 5. The Balaban J connectivity index is 2.20. The fourth-order valence-corrected chi connectivity index (χ4v) is 3.92. The summed E-state index contributed by atoms with van der Waals surface area (Å²) in [6, 6.07) is 11.3. The van der Waals surface area contributed by atoms with Crippen LogP contribution >= 0.6 is 11.6 Å². The van der Waals surface area contributed by atoms with Crippen molar-refractivity contribution >= 4 is 44.9 Å². The van der Waals surface area contributed by atoms with E-state index in [9.17, 15) is 18.0 Å². The SMILES string of the molecule is CCOC(=O)c1ccc(NC(=O)[C@@H](C)N(c2cccc(Cl)c2)S(C)(=O)=O)cc1. The summed E-state index contributed by atoms with van der Waals surface area (Å²) in [5.41, 5.74) is 1.06. The molecule has 9 heteroatoms. The Kier molecular flexibility index (Phi) is 7.04. The van der Waals surface area contributed by atoms with Gasteiger partial charge in [-0.25, -0.2) is 13.2 Å². The largest absolute Gasteiger partial charge is 0.462 e. The Morgan fingerprint density at radius 1 is 1.18 bits per heavy atom. The molecule has 1 N–H and O–H groups in total. The number of nitrogens with one attached hydrogen (secondary N) is 1. The van der Waals surface area contributed by atoms with E-state index in [1.54, 1.807) is 37.3 Å². The molecule has 0 radical (unpaired) electrons. The lowest BCUT2D eigenvalue weighted by Gasteiger charge is -2.28. The van der Waals surface area contributed by atoms with Crippen molar-refractivity contribution in [3.63, 3.8) is 0 Å². The molecule has 2 aromatic rings. The molecular weight excluding hydrogens is 404 g/mol. The van der Waals surface area contributed by atoms with Crippen LogP contribution in [0.3, 0.4) is 0 Å². The van der Waals surface area contributed by atoms with Crippen LogP contribution in [0, 0.1) is 0 Å². The highest BCUT2D eigenvalue weighted by atomic mass is 35.5. The van der Waals surface area contributed by atoms with Gasteiger partial charge < -0.3 is 10.1 Å². The summed E-state index contributed by atoms with van der Waals surface area (Å²) in [6.07, 6.45) is 1.02. The van der Waals surface area contributed by atoms with Crippen molar-refractivity contribution < 1.29 is 22.7 Å². The first-order valence-electron chi connectivity index (χ1n) is 8.46. The summed E-state index contributed by atoms with van der Waals surface area (Å²) in [6.45, 7) is 3.45. The number of esters is 1. The van der Waals surface area contributed by atoms with Crippen molar-refractivity contribution in [3.8, 4) is 0 Å². The smallest absolute Gasteiger partial charge is 0.338 e. The second-order valence-electron chi connectivity index (χ2n) is 6.00. The van der Waals surface area contributed by atoms with Gasteiger partial charge in [0.2, 0.25) is 15.9 Å². The molecule has 1 amide bonds. The minimum absolute atomic E-state index is 0.264. The Bertz CT molecular complexity index is 961. The predicted octanol–water partition coefficient (Wildman–Crippen LogP) is 3.31. The quantitative estimate of drug-likeness (QED) is 0.688. The zero-order chi connectivity index (χ0) is 20.9. The normalized spacial score (nSPS) is 12.1. The molecular formula is C19H21ClN2O5S. The molecule has 0 aromatic heterocycles. The van der Waals surface area contributed by atoms with Crippen molar-refractivity contribution in [2.75, 3.05) is 22.5 Å². The van der Waals surface area contributed by atoms with Crippen molar-refractivity contribution in [2.24, 2.45) is 0 Å². The minimum atomic E-state index is -3.74. The van der Waals surface area contributed by atoms with E-state index < -0.39 is 27.9 Å². The van der Waals surface area contributed by atoms with Gasteiger partial charge in [-0.15, -0.1) is 0 Å². The third-order valence-corrected chi connectivity index (χ3v) is 5.29. The molecule has 0 aliphatic rings. The third-order valence-electron chi connectivity index (χ3n) is 3.81. The van der Waals surface area contributed by atoms with Gasteiger partial charge in [-0.05, 0) is 56.3 Å². The molecule has 150 valence electrons. The molecule has 0 saturated heterocycles. The topological polar surface area (TPSA) is 92.8 Å². The molecule has 0 heterocycles. The Labute approximate surface area is 169 Å². The number of anilines is 2. The van der Waals surface area contributed by atoms with Crippen molar-refractivity contribution in [3.05, 3.63) is 59.1 Å². The summed E-state index contributed by atoms with van der Waals surface area (Å²) >= 11 is 5.96. The third kappa shape index (κ3) is 5.46. The van der Waals surface area contributed by atoms with E-state index in [0.29, 0.717) is 16.3 Å². The zero-order valence-corrected chi connectivity index (χ0v) is 17.3. The van der Waals surface area contributed by atoms with Gasteiger partial charge in [0, 0.05) is 10.7 Å². The predicted molar refractivity (Wildman–Crippen MR) is 109 cm³/mol. The number of nitrogens with zero attached hydrogens (tertiary/aromatic N) is 1. The molecule has 2 rings (SSSR count). The number of amides is 1. The lowest BCUT2D eigenvalue weighted by atomic mass is 10.2. The Hall–Kier alpha value is -2.58. The van der Waals surface area contributed by atoms with Gasteiger partial charge in [0.05, 0.1) is 24.1 Å². The number of halogens is 1. The maximum absolute atomic E-state index is 12.6. The highest BCUT2D eigenvalue weighted by molar-refractivity contribution is 7.92. The molecule has 28 heavy (non-hydrogen) atoms. The number of rotatable bonds is 7. The van der Waals surface area contributed by atoms with Gasteiger partial charge in [0.25, 0.3) is 0 Å². The Morgan fingerprint density at radius 2 is 1.82 bits per heavy atom. The Morgan fingerprint density at radius 3 is 2.36 bits per heavy atom. The fraction of sp³-hybridized carbons (Fsp3) is 0.263. The molecule has 0 aliphatic heterocycles. The highest BCUT2D eigenvalue weighted by Crippen LogP contribution is 2.24. The summed E-state index contributed by atoms with van der Waals surface area (Å²) in [5, 5.41) is 3.00. The monoisotopic (exact) mass is 424 g/mol. The van der Waals surface area contributed by atoms with Crippen LogP contribution in [0.2, 0.25) is 5.02 Å². The number of hydrogen-bond donors (Lipinski definition) is 1. The summed E-state index contributed by atoms with van der Waals surface area (Å²) in [5.74, 6) is -0.993. The molecule has 2 aromatic carbocycles. The summed E-state index contributed by atoms with van der Waals surface area (Å²) in [4.78, 5) is 24.3. The van der Waals surface area contributed by atoms with Crippen LogP contribution in [0.4, 0.5) is 11.4 Å². The van der Waals surface area contributed by atoms with Crippen molar-refractivity contribution in [1.29, 1.82) is 0 Å². The summed E-state index contributed by atoms with van der Waals surface area (Å²) in [7, 11) is -3.74. The van der Waals surface area contributed by atoms with Gasteiger partial charge >= 0.3 is 5.97 Å². The molecule has 0 aliphatic carbocycles. The maximum atomic E-state index is 12.6. The lowest BCUT2D eigenvalue weighted by Crippen LogP contribution is -2.45. The van der Waals surface area contributed by atoms with Crippen LogP contribution in [-0.2, 0) is 19.6 Å². The number of benzene rings is 2. The molecule has 0 spiro atoms. The van der Waals surface area contributed by atoms with E-state index in [-0.39, 0.29) is 12.3 Å². The second-order valence-corrected chi connectivity index (χ2v) is 8.30. The fourth-order valence-electron chi connectivity index (χ4n) is 2.57. The van der Waals surface area contributed by atoms with Crippen LogP contribution in [-0.4, -0.2) is 39.2 Å².